The van der Waals surface area contributed by atoms with E-state index in [0.717, 1.165) is 17.8 Å². The molecule has 0 unspecified atom stereocenters. The predicted molar refractivity (Wildman–Crippen MR) is 80.6 cm³/mol. The van der Waals surface area contributed by atoms with Gasteiger partial charge in [-0.3, -0.25) is 10.1 Å². The normalized spacial score (nSPS) is 14.0. The number of amides is 1. The molecular weight excluding hydrogens is 291 g/mol. The first-order valence-corrected chi connectivity index (χ1v) is 7.48. The topological polar surface area (TPSA) is 58.1 Å². The van der Waals surface area contributed by atoms with E-state index in [-0.39, 0.29) is 11.5 Å². The molecule has 21 heavy (non-hydrogen) atoms. The van der Waals surface area contributed by atoms with Crippen molar-refractivity contribution < 1.29 is 9.18 Å². The fourth-order valence-electron chi connectivity index (χ4n) is 1.96. The number of benzene rings is 1. The van der Waals surface area contributed by atoms with Crippen LogP contribution in [0, 0.1) is 5.82 Å². The van der Waals surface area contributed by atoms with Crippen LogP contribution < -0.4 is 10.2 Å². The largest absolute Gasteiger partial charge is 0.375 e. The summed E-state index contributed by atoms with van der Waals surface area (Å²) < 4.78 is 13.9. The summed E-state index contributed by atoms with van der Waals surface area (Å²) >= 11 is 1.38. The molecule has 0 bridgehead atoms. The highest BCUT2D eigenvalue weighted by Crippen LogP contribution is 2.42. The first-order chi connectivity index (χ1) is 10.0. The third-order valence-corrected chi connectivity index (χ3v) is 4.28. The maximum absolute atomic E-state index is 13.9. The standard InChI is InChI=1S/C14H15FN4OS/c1-19(2)11-6-5-9(7-10(11)15)12(20)16-14-18-17-13(21-14)8-3-4-8/h5-8H,3-4H2,1-2H3,(H,16,18,20). The van der Waals surface area contributed by atoms with Gasteiger partial charge in [-0.25, -0.2) is 4.39 Å². The van der Waals surface area contributed by atoms with Gasteiger partial charge >= 0.3 is 0 Å². The van der Waals surface area contributed by atoms with Crippen LogP contribution in [0.2, 0.25) is 0 Å². The van der Waals surface area contributed by atoms with Crippen molar-refractivity contribution in [2.24, 2.45) is 0 Å². The molecule has 1 aromatic heterocycles. The second kappa shape index (κ2) is 5.40. The Morgan fingerprint density at radius 1 is 1.38 bits per heavy atom. The second-order valence-electron chi connectivity index (χ2n) is 5.23. The van der Waals surface area contributed by atoms with Gasteiger partial charge in [-0.15, -0.1) is 10.2 Å². The van der Waals surface area contributed by atoms with Crippen LogP contribution in [-0.4, -0.2) is 30.2 Å². The number of carbonyl (C=O) groups excluding carboxylic acids is 1. The molecule has 0 spiro atoms. The molecule has 1 heterocycles. The van der Waals surface area contributed by atoms with E-state index in [0.29, 0.717) is 16.7 Å². The van der Waals surface area contributed by atoms with E-state index in [1.165, 1.54) is 17.4 Å². The van der Waals surface area contributed by atoms with E-state index in [1.54, 1.807) is 31.1 Å². The molecular formula is C14H15FN4OS. The van der Waals surface area contributed by atoms with Crippen molar-refractivity contribution in [2.75, 3.05) is 24.3 Å². The number of aromatic nitrogens is 2. The second-order valence-corrected chi connectivity index (χ2v) is 6.24. The summed E-state index contributed by atoms with van der Waals surface area (Å²) in [6, 6.07) is 4.41. The van der Waals surface area contributed by atoms with Crippen molar-refractivity contribution in [3.8, 4) is 0 Å². The smallest absolute Gasteiger partial charge is 0.257 e. The van der Waals surface area contributed by atoms with Gasteiger partial charge in [-0.05, 0) is 31.0 Å². The molecule has 1 fully saturated rings. The summed E-state index contributed by atoms with van der Waals surface area (Å²) in [7, 11) is 3.50. The number of halogens is 1. The van der Waals surface area contributed by atoms with Crippen LogP contribution >= 0.6 is 11.3 Å². The van der Waals surface area contributed by atoms with Gasteiger partial charge in [0.2, 0.25) is 5.13 Å². The zero-order chi connectivity index (χ0) is 15.0. The molecule has 5 nitrogen and oxygen atoms in total. The molecule has 1 N–H and O–H groups in total. The number of anilines is 2. The van der Waals surface area contributed by atoms with Crippen LogP contribution in [0.3, 0.4) is 0 Å². The fourth-order valence-corrected chi connectivity index (χ4v) is 2.87. The Morgan fingerprint density at radius 2 is 2.14 bits per heavy atom. The van der Waals surface area contributed by atoms with Crippen molar-refractivity contribution in [2.45, 2.75) is 18.8 Å². The third kappa shape index (κ3) is 3.02. The molecule has 1 aliphatic carbocycles. The minimum Gasteiger partial charge on any atom is -0.375 e. The zero-order valence-electron chi connectivity index (χ0n) is 11.8. The first kappa shape index (κ1) is 13.9. The maximum Gasteiger partial charge on any atom is 0.257 e. The van der Waals surface area contributed by atoms with E-state index in [2.05, 4.69) is 15.5 Å². The van der Waals surface area contributed by atoms with Crippen molar-refractivity contribution in [3.05, 3.63) is 34.6 Å². The summed E-state index contributed by atoms with van der Waals surface area (Å²) in [6.07, 6.45) is 2.28. The van der Waals surface area contributed by atoms with E-state index in [1.807, 2.05) is 0 Å². The summed E-state index contributed by atoms with van der Waals surface area (Å²) in [4.78, 5) is 13.7. The van der Waals surface area contributed by atoms with Crippen molar-refractivity contribution >= 4 is 28.1 Å². The number of carbonyl (C=O) groups is 1. The quantitative estimate of drug-likeness (QED) is 0.943. The predicted octanol–water partition coefficient (Wildman–Crippen LogP) is 2.87. The van der Waals surface area contributed by atoms with E-state index in [4.69, 9.17) is 0 Å². The van der Waals surface area contributed by atoms with Crippen LogP contribution in [0.25, 0.3) is 0 Å². The van der Waals surface area contributed by atoms with Gasteiger partial charge in [0.15, 0.2) is 0 Å². The molecule has 3 rings (SSSR count). The lowest BCUT2D eigenvalue weighted by Crippen LogP contribution is -2.14. The van der Waals surface area contributed by atoms with Gasteiger partial charge in [0.25, 0.3) is 5.91 Å². The molecule has 1 saturated carbocycles. The third-order valence-electron chi connectivity index (χ3n) is 3.28. The summed E-state index contributed by atoms with van der Waals surface area (Å²) in [5.74, 6) is -0.300. The van der Waals surface area contributed by atoms with Crippen LogP contribution in [-0.2, 0) is 0 Å². The number of nitrogens with zero attached hydrogens (tertiary/aromatic N) is 3. The van der Waals surface area contributed by atoms with E-state index in [9.17, 15) is 9.18 Å². The zero-order valence-corrected chi connectivity index (χ0v) is 12.6. The van der Waals surface area contributed by atoms with Gasteiger partial charge in [0.1, 0.15) is 10.8 Å². The number of nitrogens with one attached hydrogen (secondary N) is 1. The SMILES string of the molecule is CN(C)c1ccc(C(=O)Nc2nnc(C3CC3)s2)cc1F. The van der Waals surface area contributed by atoms with Crippen LogP contribution in [0.5, 0.6) is 0 Å². The first-order valence-electron chi connectivity index (χ1n) is 6.66. The minimum absolute atomic E-state index is 0.265. The van der Waals surface area contributed by atoms with Gasteiger partial charge in [0, 0.05) is 25.6 Å². The molecule has 2 aromatic rings. The average molecular weight is 306 g/mol. The number of hydrogen-bond acceptors (Lipinski definition) is 5. The molecule has 1 amide bonds. The van der Waals surface area contributed by atoms with E-state index < -0.39 is 5.82 Å². The van der Waals surface area contributed by atoms with Crippen molar-refractivity contribution in [3.63, 3.8) is 0 Å². The fraction of sp³-hybridized carbons (Fsp3) is 0.357. The van der Waals surface area contributed by atoms with Crippen LogP contribution in [0.1, 0.15) is 34.1 Å². The lowest BCUT2D eigenvalue weighted by molar-refractivity contribution is 0.102. The Balaban J connectivity index is 1.73. The van der Waals surface area contributed by atoms with Gasteiger partial charge in [-0.2, -0.15) is 0 Å². The molecule has 0 saturated heterocycles. The Labute approximate surface area is 125 Å². The lowest BCUT2D eigenvalue weighted by Gasteiger charge is -2.13. The minimum atomic E-state index is -0.427. The van der Waals surface area contributed by atoms with Crippen LogP contribution in [0.15, 0.2) is 18.2 Å². The molecule has 0 radical (unpaired) electrons. The molecule has 0 aliphatic heterocycles. The van der Waals surface area contributed by atoms with Crippen molar-refractivity contribution in [1.29, 1.82) is 0 Å². The van der Waals surface area contributed by atoms with Gasteiger partial charge < -0.3 is 4.90 Å². The summed E-state index contributed by atoms with van der Waals surface area (Å²) in [5, 5.41) is 12.1. The van der Waals surface area contributed by atoms with Gasteiger partial charge in [0.05, 0.1) is 5.69 Å². The Kier molecular flexibility index (Phi) is 3.59. The Hall–Kier alpha value is -2.02. The maximum atomic E-state index is 13.9. The van der Waals surface area contributed by atoms with E-state index >= 15 is 0 Å². The summed E-state index contributed by atoms with van der Waals surface area (Å²) in [5.41, 5.74) is 0.708. The molecule has 110 valence electrons. The monoisotopic (exact) mass is 306 g/mol. The Morgan fingerprint density at radius 3 is 2.76 bits per heavy atom. The average Bonchev–Trinajstić information content (AvgIpc) is 3.19. The molecule has 1 aromatic carbocycles. The molecule has 7 heteroatoms. The highest BCUT2D eigenvalue weighted by atomic mass is 32.1. The summed E-state index contributed by atoms with van der Waals surface area (Å²) in [6.45, 7) is 0. The van der Waals surface area contributed by atoms with Gasteiger partial charge in [-0.1, -0.05) is 11.3 Å². The number of rotatable bonds is 4. The number of hydrogen-bond donors (Lipinski definition) is 1. The highest BCUT2D eigenvalue weighted by molar-refractivity contribution is 7.15. The molecule has 1 aliphatic rings. The Bertz CT molecular complexity index is 681. The lowest BCUT2D eigenvalue weighted by atomic mass is 10.2. The molecule has 0 atom stereocenters. The van der Waals surface area contributed by atoms with Crippen LogP contribution in [0.4, 0.5) is 15.2 Å². The highest BCUT2D eigenvalue weighted by Gasteiger charge is 2.27. The van der Waals surface area contributed by atoms with Crippen molar-refractivity contribution in [1.82, 2.24) is 10.2 Å².